The molecule has 3 fully saturated rings. The van der Waals surface area contributed by atoms with Gasteiger partial charge in [-0.1, -0.05) is 0 Å². The molecule has 30 heavy (non-hydrogen) atoms. The topological polar surface area (TPSA) is 61.4 Å². The molecule has 1 saturated heterocycles. The molecule has 0 amide bonds. The lowest BCUT2D eigenvalue weighted by atomic mass is 10.2. The third-order valence-corrected chi connectivity index (χ3v) is 6.40. The van der Waals surface area contributed by atoms with E-state index in [4.69, 9.17) is 9.47 Å². The van der Waals surface area contributed by atoms with Crippen LogP contribution in [0.2, 0.25) is 0 Å². The van der Waals surface area contributed by atoms with Crippen molar-refractivity contribution in [2.75, 3.05) is 58.9 Å². The van der Waals surface area contributed by atoms with E-state index in [1.165, 1.54) is 32.2 Å². The van der Waals surface area contributed by atoms with Gasteiger partial charge in [0.15, 0.2) is 5.96 Å². The van der Waals surface area contributed by atoms with Gasteiger partial charge in [-0.25, -0.2) is 0 Å². The fourth-order valence-corrected chi connectivity index (χ4v) is 4.29. The maximum atomic E-state index is 5.42. The summed E-state index contributed by atoms with van der Waals surface area (Å²) >= 11 is 0. The first kappa shape index (κ1) is 21.1. The molecular weight excluding hydrogens is 378 g/mol. The second-order valence-corrected chi connectivity index (χ2v) is 8.82. The van der Waals surface area contributed by atoms with Gasteiger partial charge in [-0.15, -0.1) is 0 Å². The van der Waals surface area contributed by atoms with Crippen molar-refractivity contribution in [2.24, 2.45) is 10.9 Å². The van der Waals surface area contributed by atoms with Crippen LogP contribution in [0.3, 0.4) is 0 Å². The number of anilines is 1. The van der Waals surface area contributed by atoms with Gasteiger partial charge < -0.3 is 25.0 Å². The lowest BCUT2D eigenvalue weighted by Crippen LogP contribution is -2.47. The van der Waals surface area contributed by atoms with Crippen LogP contribution < -0.4 is 25.0 Å². The zero-order chi connectivity index (χ0) is 20.9. The van der Waals surface area contributed by atoms with Crippen LogP contribution in [0.4, 0.5) is 5.69 Å². The van der Waals surface area contributed by atoms with Gasteiger partial charge in [0.25, 0.3) is 0 Å². The lowest BCUT2D eigenvalue weighted by Gasteiger charge is -2.24. The number of hydrogen-bond acceptors (Lipinski definition) is 5. The second kappa shape index (κ2) is 9.77. The number of aliphatic imine (C=N–C) groups is 1. The molecule has 1 aromatic carbocycles. The SMILES string of the molecule is CN=C(NCCN(CC1CC1)C1CC1)NC1CCN(c2cc(OC)cc(OC)c2)C1. The van der Waals surface area contributed by atoms with E-state index in [1.54, 1.807) is 14.2 Å². The van der Waals surface area contributed by atoms with E-state index in [2.05, 4.69) is 37.6 Å². The van der Waals surface area contributed by atoms with Crippen molar-refractivity contribution in [3.05, 3.63) is 18.2 Å². The van der Waals surface area contributed by atoms with Crippen LogP contribution in [0.5, 0.6) is 11.5 Å². The molecule has 0 aromatic heterocycles. The van der Waals surface area contributed by atoms with Crippen LogP contribution >= 0.6 is 0 Å². The molecule has 0 bridgehead atoms. The molecular formula is C23H37N5O2. The van der Waals surface area contributed by atoms with Crippen molar-refractivity contribution < 1.29 is 9.47 Å². The number of guanidine groups is 1. The summed E-state index contributed by atoms with van der Waals surface area (Å²) in [6.07, 6.45) is 6.70. The van der Waals surface area contributed by atoms with Gasteiger partial charge in [-0.3, -0.25) is 9.89 Å². The number of nitrogens with one attached hydrogen (secondary N) is 2. The highest BCUT2D eigenvalue weighted by molar-refractivity contribution is 5.80. The van der Waals surface area contributed by atoms with E-state index < -0.39 is 0 Å². The summed E-state index contributed by atoms with van der Waals surface area (Å²) in [5, 5.41) is 7.14. The Bertz CT molecular complexity index is 710. The van der Waals surface area contributed by atoms with Crippen LogP contribution in [0.15, 0.2) is 23.2 Å². The lowest BCUT2D eigenvalue weighted by molar-refractivity contribution is 0.256. The number of benzene rings is 1. The maximum Gasteiger partial charge on any atom is 0.191 e. The molecule has 1 atom stereocenters. The smallest absolute Gasteiger partial charge is 0.191 e. The van der Waals surface area contributed by atoms with E-state index >= 15 is 0 Å². The van der Waals surface area contributed by atoms with Crippen molar-refractivity contribution in [3.8, 4) is 11.5 Å². The quantitative estimate of drug-likeness (QED) is 0.452. The molecule has 2 saturated carbocycles. The Morgan fingerprint density at radius 1 is 1.10 bits per heavy atom. The summed E-state index contributed by atoms with van der Waals surface area (Å²) in [5.41, 5.74) is 1.14. The number of ether oxygens (including phenoxy) is 2. The molecule has 0 spiro atoms. The minimum absolute atomic E-state index is 0.374. The molecule has 1 aliphatic heterocycles. The summed E-state index contributed by atoms with van der Waals surface area (Å²) in [6, 6.07) is 7.27. The third-order valence-electron chi connectivity index (χ3n) is 6.40. The molecule has 7 heteroatoms. The predicted octanol–water partition coefficient (Wildman–Crippen LogP) is 2.32. The first-order chi connectivity index (χ1) is 14.7. The van der Waals surface area contributed by atoms with Crippen molar-refractivity contribution in [1.82, 2.24) is 15.5 Å². The Kier molecular flexibility index (Phi) is 6.87. The summed E-state index contributed by atoms with van der Waals surface area (Å²) in [6.45, 7) is 5.30. The summed E-state index contributed by atoms with van der Waals surface area (Å²) in [7, 11) is 5.24. The van der Waals surface area contributed by atoms with Gasteiger partial charge in [0.05, 0.1) is 14.2 Å². The number of methoxy groups -OCH3 is 2. The summed E-state index contributed by atoms with van der Waals surface area (Å²) in [5.74, 6) is 3.52. The normalized spacial score (nSPS) is 21.8. The molecule has 1 unspecified atom stereocenters. The van der Waals surface area contributed by atoms with Gasteiger partial charge in [-0.2, -0.15) is 0 Å². The molecule has 4 rings (SSSR count). The van der Waals surface area contributed by atoms with E-state index in [9.17, 15) is 0 Å². The van der Waals surface area contributed by atoms with Gasteiger partial charge in [0.1, 0.15) is 11.5 Å². The average molecular weight is 416 g/mol. The molecule has 1 aromatic rings. The molecule has 0 radical (unpaired) electrons. The van der Waals surface area contributed by atoms with E-state index in [0.29, 0.717) is 6.04 Å². The van der Waals surface area contributed by atoms with Crippen molar-refractivity contribution in [2.45, 2.75) is 44.2 Å². The minimum Gasteiger partial charge on any atom is -0.497 e. The Hall–Kier alpha value is -2.15. The highest BCUT2D eigenvalue weighted by atomic mass is 16.5. The van der Waals surface area contributed by atoms with Crippen LogP contribution in [-0.2, 0) is 0 Å². The highest BCUT2D eigenvalue weighted by Gasteiger charge is 2.33. The first-order valence-electron chi connectivity index (χ1n) is 11.4. The molecule has 1 heterocycles. The average Bonchev–Trinajstić information content (AvgIpc) is 3.70. The largest absolute Gasteiger partial charge is 0.497 e. The maximum absolute atomic E-state index is 5.42. The first-order valence-corrected chi connectivity index (χ1v) is 11.4. The summed E-state index contributed by atoms with van der Waals surface area (Å²) in [4.78, 5) is 9.51. The van der Waals surface area contributed by atoms with Gasteiger partial charge in [0, 0.05) is 75.7 Å². The molecule has 2 N–H and O–H groups in total. The van der Waals surface area contributed by atoms with Crippen LogP contribution in [0.25, 0.3) is 0 Å². The van der Waals surface area contributed by atoms with Crippen LogP contribution in [-0.4, -0.2) is 76.9 Å². The Morgan fingerprint density at radius 3 is 2.43 bits per heavy atom. The van der Waals surface area contributed by atoms with Crippen LogP contribution in [0, 0.1) is 5.92 Å². The van der Waals surface area contributed by atoms with Crippen molar-refractivity contribution in [3.63, 3.8) is 0 Å². The fourth-order valence-electron chi connectivity index (χ4n) is 4.29. The minimum atomic E-state index is 0.374. The number of rotatable bonds is 10. The molecule has 7 nitrogen and oxygen atoms in total. The summed E-state index contributed by atoms with van der Waals surface area (Å²) < 4.78 is 10.8. The Morgan fingerprint density at radius 2 is 1.83 bits per heavy atom. The zero-order valence-electron chi connectivity index (χ0n) is 18.7. The number of hydrogen-bond donors (Lipinski definition) is 2. The predicted molar refractivity (Wildman–Crippen MR) is 122 cm³/mol. The Labute approximate surface area is 180 Å². The second-order valence-electron chi connectivity index (χ2n) is 8.82. The van der Waals surface area contributed by atoms with Gasteiger partial charge in [-0.05, 0) is 38.0 Å². The standard InChI is InChI=1S/C23H37N5O2/c1-24-23(25-9-11-28(19-6-7-19)15-17-4-5-17)26-18-8-10-27(16-18)20-12-21(29-2)14-22(13-20)30-3/h12-14,17-19H,4-11,15-16H2,1-3H3,(H2,24,25,26). The van der Waals surface area contributed by atoms with Gasteiger partial charge >= 0.3 is 0 Å². The fraction of sp³-hybridized carbons (Fsp3) is 0.696. The van der Waals surface area contributed by atoms with E-state index in [0.717, 1.165) is 67.7 Å². The number of nitrogens with zero attached hydrogens (tertiary/aromatic N) is 3. The van der Waals surface area contributed by atoms with E-state index in [-0.39, 0.29) is 0 Å². The van der Waals surface area contributed by atoms with Gasteiger partial charge in [0.2, 0.25) is 0 Å². The van der Waals surface area contributed by atoms with E-state index in [1.807, 2.05) is 13.1 Å². The Balaban J connectivity index is 1.24. The van der Waals surface area contributed by atoms with Crippen molar-refractivity contribution in [1.29, 1.82) is 0 Å². The molecule has 3 aliphatic rings. The van der Waals surface area contributed by atoms with Crippen molar-refractivity contribution >= 4 is 11.6 Å². The monoisotopic (exact) mass is 415 g/mol. The zero-order valence-corrected chi connectivity index (χ0v) is 18.7. The molecule has 166 valence electrons. The highest BCUT2D eigenvalue weighted by Crippen LogP contribution is 2.34. The van der Waals surface area contributed by atoms with Crippen LogP contribution in [0.1, 0.15) is 32.1 Å². The molecule has 2 aliphatic carbocycles. The third kappa shape index (κ3) is 5.72.